The van der Waals surface area contributed by atoms with Gasteiger partial charge >= 0.3 is 0 Å². The van der Waals surface area contributed by atoms with Crippen molar-refractivity contribution >= 4 is 5.69 Å². The second kappa shape index (κ2) is 8.86. The van der Waals surface area contributed by atoms with E-state index < -0.39 is 0 Å². The summed E-state index contributed by atoms with van der Waals surface area (Å²) in [6, 6.07) is 15.5. The summed E-state index contributed by atoms with van der Waals surface area (Å²) in [7, 11) is 5.95. The third-order valence-corrected chi connectivity index (χ3v) is 4.34. The van der Waals surface area contributed by atoms with Crippen LogP contribution in [0.25, 0.3) is 0 Å². The van der Waals surface area contributed by atoms with Crippen molar-refractivity contribution in [2.24, 2.45) is 0 Å². The molecule has 1 unspecified atom stereocenters. The quantitative estimate of drug-likeness (QED) is 0.740. The minimum Gasteiger partial charge on any atom is -0.385 e. The van der Waals surface area contributed by atoms with Crippen molar-refractivity contribution in [1.82, 2.24) is 5.32 Å². The molecule has 0 saturated heterocycles. The van der Waals surface area contributed by atoms with Gasteiger partial charge in [0.05, 0.1) is 6.04 Å². The van der Waals surface area contributed by atoms with Crippen molar-refractivity contribution in [3.8, 4) is 0 Å². The number of hydrogen-bond acceptors (Lipinski definition) is 3. The second-order valence-corrected chi connectivity index (χ2v) is 6.55. The Morgan fingerprint density at radius 2 is 1.79 bits per heavy atom. The molecular formula is C21H30N2O. The Balaban J connectivity index is 2.39. The van der Waals surface area contributed by atoms with Crippen molar-refractivity contribution in [2.45, 2.75) is 26.3 Å². The van der Waals surface area contributed by atoms with Crippen LogP contribution in [0.15, 0.2) is 42.5 Å². The maximum absolute atomic E-state index is 5.19. The molecule has 1 atom stereocenters. The third-order valence-electron chi connectivity index (χ3n) is 4.34. The molecule has 1 N–H and O–H groups in total. The SMILES string of the molecule is COCCCNC(c1ccc(C)cc1C)c1ccccc1N(C)C. The standard InChI is InChI=1S/C21H30N2O/c1-16-11-12-18(17(2)15-16)21(22-13-8-14-24-5)19-9-6-7-10-20(19)23(3)4/h6-7,9-12,15,21-22H,8,13-14H2,1-5H3. The van der Waals surface area contributed by atoms with Crippen LogP contribution in [-0.4, -0.2) is 34.4 Å². The summed E-state index contributed by atoms with van der Waals surface area (Å²) < 4.78 is 5.19. The number of hydrogen-bond donors (Lipinski definition) is 1. The largest absolute Gasteiger partial charge is 0.385 e. The van der Waals surface area contributed by atoms with Crippen molar-refractivity contribution in [1.29, 1.82) is 0 Å². The first-order valence-corrected chi connectivity index (χ1v) is 8.60. The normalized spacial score (nSPS) is 12.2. The smallest absolute Gasteiger partial charge is 0.0599 e. The molecule has 2 aromatic carbocycles. The lowest BCUT2D eigenvalue weighted by atomic mass is 9.92. The lowest BCUT2D eigenvalue weighted by Crippen LogP contribution is -2.27. The zero-order chi connectivity index (χ0) is 17.5. The molecule has 0 saturated carbocycles. The second-order valence-electron chi connectivity index (χ2n) is 6.55. The topological polar surface area (TPSA) is 24.5 Å². The van der Waals surface area contributed by atoms with Crippen LogP contribution in [0.4, 0.5) is 5.69 Å². The number of benzene rings is 2. The minimum absolute atomic E-state index is 0.182. The number of methoxy groups -OCH3 is 1. The highest BCUT2D eigenvalue weighted by atomic mass is 16.5. The molecule has 0 aliphatic heterocycles. The molecule has 3 nitrogen and oxygen atoms in total. The molecule has 2 aromatic rings. The van der Waals surface area contributed by atoms with Gasteiger partial charge in [-0.15, -0.1) is 0 Å². The van der Waals surface area contributed by atoms with E-state index >= 15 is 0 Å². The summed E-state index contributed by atoms with van der Waals surface area (Å²) >= 11 is 0. The maximum Gasteiger partial charge on any atom is 0.0599 e. The average Bonchev–Trinajstić information content (AvgIpc) is 2.56. The third kappa shape index (κ3) is 4.59. The Morgan fingerprint density at radius 3 is 2.46 bits per heavy atom. The van der Waals surface area contributed by atoms with E-state index in [2.05, 4.69) is 80.6 Å². The Morgan fingerprint density at radius 1 is 1.04 bits per heavy atom. The fourth-order valence-electron chi connectivity index (χ4n) is 3.14. The van der Waals surface area contributed by atoms with Gasteiger partial charge in [-0.1, -0.05) is 42.0 Å². The molecule has 24 heavy (non-hydrogen) atoms. The van der Waals surface area contributed by atoms with Gasteiger partial charge in [-0.25, -0.2) is 0 Å². The highest BCUT2D eigenvalue weighted by Crippen LogP contribution is 2.31. The first-order valence-electron chi connectivity index (χ1n) is 8.60. The van der Waals surface area contributed by atoms with Gasteiger partial charge in [-0.2, -0.15) is 0 Å². The Hall–Kier alpha value is -1.84. The first kappa shape index (κ1) is 18.5. The zero-order valence-corrected chi connectivity index (χ0v) is 15.6. The van der Waals surface area contributed by atoms with E-state index in [4.69, 9.17) is 4.74 Å². The lowest BCUT2D eigenvalue weighted by molar-refractivity contribution is 0.193. The van der Waals surface area contributed by atoms with Crippen molar-refractivity contribution in [3.63, 3.8) is 0 Å². The summed E-state index contributed by atoms with van der Waals surface area (Å²) in [5.41, 5.74) is 6.53. The average molecular weight is 326 g/mol. The Bertz CT molecular complexity index is 652. The number of anilines is 1. The summed E-state index contributed by atoms with van der Waals surface area (Å²) in [5, 5.41) is 3.74. The van der Waals surface area contributed by atoms with Crippen molar-refractivity contribution in [3.05, 3.63) is 64.7 Å². The minimum atomic E-state index is 0.182. The van der Waals surface area contributed by atoms with Crippen molar-refractivity contribution in [2.75, 3.05) is 39.3 Å². The van der Waals surface area contributed by atoms with E-state index in [9.17, 15) is 0 Å². The molecule has 0 spiro atoms. The molecule has 130 valence electrons. The highest BCUT2D eigenvalue weighted by Gasteiger charge is 2.19. The number of para-hydroxylation sites is 1. The molecule has 0 radical (unpaired) electrons. The molecule has 0 bridgehead atoms. The molecule has 0 aliphatic rings. The van der Waals surface area contributed by atoms with E-state index in [0.717, 1.165) is 19.6 Å². The number of nitrogens with zero attached hydrogens (tertiary/aromatic N) is 1. The predicted molar refractivity (Wildman–Crippen MR) is 103 cm³/mol. The van der Waals surface area contributed by atoms with Gasteiger partial charge in [0.15, 0.2) is 0 Å². The van der Waals surface area contributed by atoms with Gasteiger partial charge in [0.1, 0.15) is 0 Å². The summed E-state index contributed by atoms with van der Waals surface area (Å²) in [4.78, 5) is 2.18. The number of ether oxygens (including phenoxy) is 1. The van der Waals surface area contributed by atoms with Crippen LogP contribution in [0, 0.1) is 13.8 Å². The highest BCUT2D eigenvalue weighted by molar-refractivity contribution is 5.57. The summed E-state index contributed by atoms with van der Waals surface area (Å²) in [6.45, 7) is 6.05. The van der Waals surface area contributed by atoms with Gasteiger partial charge in [0.25, 0.3) is 0 Å². The van der Waals surface area contributed by atoms with Gasteiger partial charge in [0, 0.05) is 33.5 Å². The first-order chi connectivity index (χ1) is 11.5. The molecule has 0 amide bonds. The number of aryl methyl sites for hydroxylation is 2. The molecule has 2 rings (SSSR count). The van der Waals surface area contributed by atoms with Crippen molar-refractivity contribution < 1.29 is 4.74 Å². The van der Waals surface area contributed by atoms with Crippen LogP contribution in [0.5, 0.6) is 0 Å². The molecular weight excluding hydrogens is 296 g/mol. The van der Waals surface area contributed by atoms with Crippen LogP contribution in [0.2, 0.25) is 0 Å². The monoisotopic (exact) mass is 326 g/mol. The van der Waals surface area contributed by atoms with Gasteiger partial charge < -0.3 is 15.0 Å². The number of rotatable bonds is 8. The lowest BCUT2D eigenvalue weighted by Gasteiger charge is -2.27. The molecule has 0 heterocycles. The zero-order valence-electron chi connectivity index (χ0n) is 15.6. The van der Waals surface area contributed by atoms with E-state index in [1.807, 2.05) is 0 Å². The van der Waals surface area contributed by atoms with Crippen LogP contribution < -0.4 is 10.2 Å². The molecule has 0 aromatic heterocycles. The maximum atomic E-state index is 5.19. The van der Waals surface area contributed by atoms with Crippen LogP contribution >= 0.6 is 0 Å². The fraction of sp³-hybridized carbons (Fsp3) is 0.429. The molecule has 3 heteroatoms. The summed E-state index contributed by atoms with van der Waals surface area (Å²) in [6.07, 6.45) is 1.00. The van der Waals surface area contributed by atoms with Gasteiger partial charge in [0.2, 0.25) is 0 Å². The van der Waals surface area contributed by atoms with Crippen LogP contribution in [0.3, 0.4) is 0 Å². The van der Waals surface area contributed by atoms with E-state index in [-0.39, 0.29) is 6.04 Å². The van der Waals surface area contributed by atoms with Gasteiger partial charge in [-0.3, -0.25) is 0 Å². The van der Waals surface area contributed by atoms with E-state index in [1.54, 1.807) is 7.11 Å². The fourth-order valence-corrected chi connectivity index (χ4v) is 3.14. The van der Waals surface area contributed by atoms with Crippen LogP contribution in [0.1, 0.15) is 34.7 Å². The summed E-state index contributed by atoms with van der Waals surface area (Å²) in [5.74, 6) is 0. The molecule has 0 aliphatic carbocycles. The Kier molecular flexibility index (Phi) is 6.83. The van der Waals surface area contributed by atoms with Gasteiger partial charge in [-0.05, 0) is 49.6 Å². The Labute approximate surface area is 146 Å². The van der Waals surface area contributed by atoms with Crippen LogP contribution in [-0.2, 0) is 4.74 Å². The predicted octanol–water partition coefficient (Wildman–Crippen LogP) is 4.08. The number of nitrogens with one attached hydrogen (secondary N) is 1. The van der Waals surface area contributed by atoms with E-state index in [0.29, 0.717) is 0 Å². The van der Waals surface area contributed by atoms with E-state index in [1.165, 1.54) is 27.9 Å². The molecule has 0 fully saturated rings.